The average molecular weight is 293 g/mol. The van der Waals surface area contributed by atoms with Gasteiger partial charge in [0, 0.05) is 4.47 Å². The molecule has 82 valence electrons. The summed E-state index contributed by atoms with van der Waals surface area (Å²) in [5, 5.41) is 0.467. The van der Waals surface area contributed by atoms with Gasteiger partial charge in [0.25, 0.3) is 0 Å². The van der Waals surface area contributed by atoms with Crippen LogP contribution >= 0.6 is 27.5 Å². The van der Waals surface area contributed by atoms with E-state index in [0.717, 1.165) is 5.56 Å². The van der Waals surface area contributed by atoms with Gasteiger partial charge in [-0.3, -0.25) is 4.79 Å². The van der Waals surface area contributed by atoms with E-state index in [4.69, 9.17) is 22.1 Å². The minimum absolute atomic E-state index is 0.190. The van der Waals surface area contributed by atoms with Crippen molar-refractivity contribution in [1.29, 1.82) is 0 Å². The van der Waals surface area contributed by atoms with Crippen molar-refractivity contribution in [2.75, 3.05) is 12.3 Å². The molecule has 2 N–H and O–H groups in total. The number of carbonyl (C=O) groups excluding carboxylic acids is 1. The molecular formula is C10H11BrClNO2. The fraction of sp³-hybridized carbons (Fsp3) is 0.300. The number of esters is 1. The molecule has 0 saturated heterocycles. The molecule has 0 fully saturated rings. The molecule has 0 amide bonds. The van der Waals surface area contributed by atoms with Gasteiger partial charge in [0.2, 0.25) is 0 Å². The molecule has 3 nitrogen and oxygen atoms in total. The Morgan fingerprint density at radius 3 is 2.87 bits per heavy atom. The minimum atomic E-state index is -0.278. The molecule has 0 aromatic heterocycles. The van der Waals surface area contributed by atoms with Crippen molar-refractivity contribution in [3.63, 3.8) is 0 Å². The number of rotatable bonds is 3. The second-order valence-electron chi connectivity index (χ2n) is 2.92. The first-order chi connectivity index (χ1) is 7.06. The van der Waals surface area contributed by atoms with Gasteiger partial charge in [-0.15, -0.1) is 0 Å². The molecule has 1 aromatic rings. The van der Waals surface area contributed by atoms with E-state index in [1.54, 1.807) is 19.1 Å². The number of hydrogen-bond acceptors (Lipinski definition) is 3. The van der Waals surface area contributed by atoms with Crippen molar-refractivity contribution in [3.05, 3.63) is 27.2 Å². The van der Waals surface area contributed by atoms with Crippen molar-refractivity contribution in [2.45, 2.75) is 13.3 Å². The first-order valence-corrected chi connectivity index (χ1v) is 5.61. The van der Waals surface area contributed by atoms with E-state index < -0.39 is 0 Å². The predicted molar refractivity (Wildman–Crippen MR) is 63.9 cm³/mol. The van der Waals surface area contributed by atoms with Gasteiger partial charge in [0.1, 0.15) is 0 Å². The van der Waals surface area contributed by atoms with E-state index in [1.165, 1.54) is 0 Å². The van der Waals surface area contributed by atoms with Gasteiger partial charge in [-0.2, -0.15) is 0 Å². The van der Waals surface area contributed by atoms with Crippen molar-refractivity contribution in [3.8, 4) is 0 Å². The predicted octanol–water partition coefficient (Wildman–Crippen LogP) is 2.79. The normalized spacial score (nSPS) is 10.1. The number of ether oxygens (including phenoxy) is 1. The Labute approximate surface area is 102 Å². The van der Waals surface area contributed by atoms with Crippen molar-refractivity contribution < 1.29 is 9.53 Å². The van der Waals surface area contributed by atoms with Crippen LogP contribution < -0.4 is 5.73 Å². The van der Waals surface area contributed by atoms with E-state index in [1.807, 2.05) is 0 Å². The molecule has 0 bridgehead atoms. The third-order valence-electron chi connectivity index (χ3n) is 1.85. The molecule has 0 unspecified atom stereocenters. The summed E-state index contributed by atoms with van der Waals surface area (Å²) in [5.74, 6) is -0.278. The molecule has 0 saturated carbocycles. The number of halogens is 2. The Kier molecular flexibility index (Phi) is 4.42. The van der Waals surface area contributed by atoms with E-state index in [0.29, 0.717) is 21.8 Å². The molecule has 1 aromatic carbocycles. The Morgan fingerprint density at radius 1 is 1.60 bits per heavy atom. The molecule has 0 aliphatic heterocycles. The zero-order valence-electron chi connectivity index (χ0n) is 8.22. The maximum atomic E-state index is 11.2. The summed E-state index contributed by atoms with van der Waals surface area (Å²) in [4.78, 5) is 11.2. The van der Waals surface area contributed by atoms with Gasteiger partial charge in [0.05, 0.1) is 23.7 Å². The lowest BCUT2D eigenvalue weighted by Gasteiger charge is -2.07. The summed E-state index contributed by atoms with van der Waals surface area (Å²) in [7, 11) is 0. The number of anilines is 1. The topological polar surface area (TPSA) is 52.3 Å². The van der Waals surface area contributed by atoms with Gasteiger partial charge in [-0.05, 0) is 34.5 Å². The summed E-state index contributed by atoms with van der Waals surface area (Å²) in [5.41, 5.74) is 6.92. The molecule has 0 aliphatic carbocycles. The van der Waals surface area contributed by atoms with Gasteiger partial charge in [-0.25, -0.2) is 0 Å². The number of benzene rings is 1. The number of nitrogens with two attached hydrogens (primary N) is 1. The van der Waals surface area contributed by atoms with Crippen LogP contribution in [0.25, 0.3) is 0 Å². The zero-order chi connectivity index (χ0) is 11.4. The summed E-state index contributed by atoms with van der Waals surface area (Å²) in [6.07, 6.45) is 0.190. The maximum absolute atomic E-state index is 11.2. The monoisotopic (exact) mass is 291 g/mol. The highest BCUT2D eigenvalue weighted by molar-refractivity contribution is 9.10. The summed E-state index contributed by atoms with van der Waals surface area (Å²) in [6, 6.07) is 3.41. The van der Waals surface area contributed by atoms with Crippen molar-refractivity contribution in [1.82, 2.24) is 0 Å². The molecule has 5 heteroatoms. The van der Waals surface area contributed by atoms with Crippen LogP contribution in [0.5, 0.6) is 0 Å². The lowest BCUT2D eigenvalue weighted by atomic mass is 10.1. The van der Waals surface area contributed by atoms with Crippen LogP contribution in [0.4, 0.5) is 5.69 Å². The maximum Gasteiger partial charge on any atom is 0.310 e. The minimum Gasteiger partial charge on any atom is -0.466 e. The first-order valence-electron chi connectivity index (χ1n) is 4.44. The van der Waals surface area contributed by atoms with Crippen LogP contribution in [-0.2, 0) is 16.0 Å². The Balaban J connectivity index is 2.87. The molecule has 0 spiro atoms. The Bertz CT molecular complexity index is 382. The van der Waals surface area contributed by atoms with Crippen molar-refractivity contribution in [2.24, 2.45) is 0 Å². The smallest absolute Gasteiger partial charge is 0.310 e. The second-order valence-corrected chi connectivity index (χ2v) is 4.12. The third kappa shape index (κ3) is 3.11. The van der Waals surface area contributed by atoms with Gasteiger partial charge >= 0.3 is 5.97 Å². The second kappa shape index (κ2) is 5.37. The van der Waals surface area contributed by atoms with Crippen LogP contribution in [0.2, 0.25) is 5.02 Å². The molecule has 1 rings (SSSR count). The van der Waals surface area contributed by atoms with E-state index in [2.05, 4.69) is 15.9 Å². The Morgan fingerprint density at radius 2 is 2.27 bits per heavy atom. The molecule has 0 heterocycles. The highest BCUT2D eigenvalue weighted by atomic mass is 79.9. The lowest BCUT2D eigenvalue weighted by Crippen LogP contribution is -2.08. The van der Waals surface area contributed by atoms with Crippen LogP contribution in [0.15, 0.2) is 16.6 Å². The number of carbonyl (C=O) groups is 1. The quantitative estimate of drug-likeness (QED) is 0.688. The standard InChI is InChI=1S/C10H11BrClNO2/c1-2-15-8(14)5-6-3-4-7(12)10(13)9(6)11/h3-4H,2,5,13H2,1H3. The number of hydrogen-bond donors (Lipinski definition) is 1. The highest BCUT2D eigenvalue weighted by Crippen LogP contribution is 2.31. The molecule has 15 heavy (non-hydrogen) atoms. The molecule has 0 atom stereocenters. The fourth-order valence-electron chi connectivity index (χ4n) is 1.12. The SMILES string of the molecule is CCOC(=O)Cc1ccc(Cl)c(N)c1Br. The molecular weight excluding hydrogens is 281 g/mol. The largest absolute Gasteiger partial charge is 0.466 e. The van der Waals surface area contributed by atoms with E-state index in [-0.39, 0.29) is 12.4 Å². The van der Waals surface area contributed by atoms with E-state index >= 15 is 0 Å². The van der Waals surface area contributed by atoms with Crippen LogP contribution in [0, 0.1) is 0 Å². The zero-order valence-corrected chi connectivity index (χ0v) is 10.6. The van der Waals surface area contributed by atoms with Crippen LogP contribution in [-0.4, -0.2) is 12.6 Å². The first kappa shape index (κ1) is 12.3. The fourth-order valence-corrected chi connectivity index (χ4v) is 1.88. The van der Waals surface area contributed by atoms with Crippen LogP contribution in [0.3, 0.4) is 0 Å². The van der Waals surface area contributed by atoms with Crippen molar-refractivity contribution >= 4 is 39.2 Å². The Hall–Kier alpha value is -0.740. The lowest BCUT2D eigenvalue weighted by molar-refractivity contribution is -0.142. The molecule has 0 radical (unpaired) electrons. The summed E-state index contributed by atoms with van der Waals surface area (Å²) in [6.45, 7) is 2.14. The van der Waals surface area contributed by atoms with Gasteiger partial charge in [0.15, 0.2) is 0 Å². The molecule has 0 aliphatic rings. The van der Waals surface area contributed by atoms with Gasteiger partial charge < -0.3 is 10.5 Å². The summed E-state index contributed by atoms with van der Waals surface area (Å²) < 4.78 is 5.49. The van der Waals surface area contributed by atoms with Gasteiger partial charge in [-0.1, -0.05) is 17.7 Å². The average Bonchev–Trinajstić information content (AvgIpc) is 2.20. The third-order valence-corrected chi connectivity index (χ3v) is 3.11. The van der Waals surface area contributed by atoms with Crippen LogP contribution in [0.1, 0.15) is 12.5 Å². The highest BCUT2D eigenvalue weighted by Gasteiger charge is 2.11. The summed E-state index contributed by atoms with van der Waals surface area (Å²) >= 11 is 9.11. The van der Waals surface area contributed by atoms with E-state index in [9.17, 15) is 4.79 Å². The number of nitrogen functional groups attached to an aromatic ring is 1.